The summed E-state index contributed by atoms with van der Waals surface area (Å²) in [7, 11) is 0. The van der Waals surface area contributed by atoms with E-state index < -0.39 is 5.79 Å². The zero-order valence-corrected chi connectivity index (χ0v) is 14.0. The summed E-state index contributed by atoms with van der Waals surface area (Å²) in [6, 6.07) is 13.8. The molecule has 2 heterocycles. The monoisotopic (exact) mass is 334 g/mol. The van der Waals surface area contributed by atoms with Crippen molar-refractivity contribution in [1.29, 1.82) is 0 Å². The molecule has 0 radical (unpaired) electrons. The quantitative estimate of drug-likeness (QED) is 0.802. The van der Waals surface area contributed by atoms with Crippen LogP contribution >= 0.6 is 0 Å². The highest BCUT2D eigenvalue weighted by molar-refractivity contribution is 6.10. The summed E-state index contributed by atoms with van der Waals surface area (Å²) in [5.74, 6) is 1.05. The number of aromatic nitrogens is 1. The van der Waals surface area contributed by atoms with Gasteiger partial charge in [0.05, 0.1) is 0 Å². The Bertz CT molecular complexity index is 782. The maximum absolute atomic E-state index is 6.61. The van der Waals surface area contributed by atoms with E-state index in [1.807, 2.05) is 42.5 Å². The van der Waals surface area contributed by atoms with Gasteiger partial charge in [0.2, 0.25) is 5.96 Å². The van der Waals surface area contributed by atoms with E-state index in [0.717, 1.165) is 23.5 Å². The summed E-state index contributed by atoms with van der Waals surface area (Å²) < 4.78 is 0. The van der Waals surface area contributed by atoms with Crippen LogP contribution in [0.1, 0.15) is 31.2 Å². The number of nitrogens with one attached hydrogen (secondary N) is 2. The lowest BCUT2D eigenvalue weighted by molar-refractivity contribution is 0.217. The van der Waals surface area contributed by atoms with Gasteiger partial charge in [-0.25, -0.2) is 4.99 Å². The third-order valence-electron chi connectivity index (χ3n) is 4.67. The molecule has 6 nitrogen and oxygen atoms in total. The van der Waals surface area contributed by atoms with E-state index >= 15 is 0 Å². The first-order chi connectivity index (χ1) is 12.2. The first-order valence-corrected chi connectivity index (χ1v) is 8.68. The Morgan fingerprint density at radius 1 is 1.12 bits per heavy atom. The number of guanidine groups is 1. The van der Waals surface area contributed by atoms with Gasteiger partial charge in [-0.1, -0.05) is 49.6 Å². The Kier molecular flexibility index (Phi) is 4.19. The summed E-state index contributed by atoms with van der Waals surface area (Å²) in [5.41, 5.74) is 8.49. The van der Waals surface area contributed by atoms with Crippen LogP contribution in [0, 0.1) is 5.92 Å². The summed E-state index contributed by atoms with van der Waals surface area (Å²) in [6.07, 6.45) is 8.00. The maximum Gasteiger partial charge on any atom is 0.228 e. The Morgan fingerprint density at radius 2 is 1.88 bits per heavy atom. The van der Waals surface area contributed by atoms with E-state index in [4.69, 9.17) is 5.73 Å². The fourth-order valence-corrected chi connectivity index (χ4v) is 3.17. The molecule has 1 aliphatic carbocycles. The van der Waals surface area contributed by atoms with Crippen molar-refractivity contribution in [1.82, 2.24) is 10.3 Å². The first-order valence-electron chi connectivity index (χ1n) is 8.68. The molecule has 1 saturated carbocycles. The highest BCUT2D eigenvalue weighted by Gasteiger charge is 2.35. The number of benzene rings is 1. The molecule has 0 bridgehead atoms. The van der Waals surface area contributed by atoms with Crippen LogP contribution in [-0.4, -0.2) is 22.6 Å². The fraction of sp³-hybridized carbons (Fsp3) is 0.316. The van der Waals surface area contributed by atoms with Crippen LogP contribution in [0.25, 0.3) is 0 Å². The number of amidine groups is 1. The van der Waals surface area contributed by atoms with Crippen LogP contribution in [-0.2, 0) is 0 Å². The Hall–Kier alpha value is -2.73. The molecule has 2 aromatic rings. The zero-order valence-electron chi connectivity index (χ0n) is 14.0. The molecule has 0 amide bonds. The predicted molar refractivity (Wildman–Crippen MR) is 100 cm³/mol. The molecule has 1 fully saturated rings. The average molecular weight is 334 g/mol. The summed E-state index contributed by atoms with van der Waals surface area (Å²) in [4.78, 5) is 13.3. The van der Waals surface area contributed by atoms with E-state index in [1.165, 1.54) is 19.3 Å². The van der Waals surface area contributed by atoms with Gasteiger partial charge in [-0.15, -0.1) is 0 Å². The molecule has 4 N–H and O–H groups in total. The number of anilines is 1. The van der Waals surface area contributed by atoms with Gasteiger partial charge in [-0.3, -0.25) is 10.7 Å². The standard InChI is InChI=1S/C19H22N6/c20-19(13-14-5-4-6-14)24-17(15-7-2-1-3-8-15)23-18(25-19)22-16-9-11-21-12-10-16/h1-3,7-12,14H,4-6,13,20H2,(H2,21,22,23,24,25). The molecule has 2 aliphatic rings. The molecule has 128 valence electrons. The van der Waals surface area contributed by atoms with Crippen LogP contribution in [0.5, 0.6) is 0 Å². The number of pyridine rings is 1. The average Bonchev–Trinajstić information content (AvgIpc) is 2.60. The number of nitrogens with zero attached hydrogens (tertiary/aromatic N) is 3. The van der Waals surface area contributed by atoms with Gasteiger partial charge in [0, 0.05) is 30.1 Å². The van der Waals surface area contributed by atoms with Crippen molar-refractivity contribution >= 4 is 17.5 Å². The topological polar surface area (TPSA) is 87.7 Å². The van der Waals surface area contributed by atoms with Gasteiger partial charge in [0.25, 0.3) is 0 Å². The predicted octanol–water partition coefficient (Wildman–Crippen LogP) is 2.70. The molecular formula is C19H22N6. The largest absolute Gasteiger partial charge is 0.333 e. The number of hydrogen-bond donors (Lipinski definition) is 3. The Balaban J connectivity index is 1.64. The van der Waals surface area contributed by atoms with Crippen LogP contribution in [0.15, 0.2) is 64.8 Å². The van der Waals surface area contributed by atoms with E-state index in [1.54, 1.807) is 12.4 Å². The molecular weight excluding hydrogens is 312 g/mol. The maximum atomic E-state index is 6.61. The lowest BCUT2D eigenvalue weighted by atomic mass is 9.81. The van der Waals surface area contributed by atoms with Crippen LogP contribution in [0.2, 0.25) is 0 Å². The van der Waals surface area contributed by atoms with Crippen molar-refractivity contribution in [3.63, 3.8) is 0 Å². The molecule has 1 aromatic heterocycles. The van der Waals surface area contributed by atoms with Gasteiger partial charge >= 0.3 is 0 Å². The van der Waals surface area contributed by atoms with Crippen molar-refractivity contribution in [2.75, 3.05) is 5.32 Å². The van der Waals surface area contributed by atoms with Crippen molar-refractivity contribution in [3.8, 4) is 0 Å². The van der Waals surface area contributed by atoms with Crippen LogP contribution in [0.3, 0.4) is 0 Å². The van der Waals surface area contributed by atoms with E-state index in [2.05, 4.69) is 25.6 Å². The normalized spacial score (nSPS) is 23.1. The van der Waals surface area contributed by atoms with Gasteiger partial charge in [-0.05, 0) is 18.1 Å². The van der Waals surface area contributed by atoms with E-state index in [-0.39, 0.29) is 0 Å². The SMILES string of the molecule is NC1(CC2CCC2)N=C(Nc2ccncc2)N=C(c2ccccc2)N1. The Morgan fingerprint density at radius 3 is 2.56 bits per heavy atom. The zero-order chi connectivity index (χ0) is 17.1. The van der Waals surface area contributed by atoms with Gasteiger partial charge in [0.1, 0.15) is 5.84 Å². The van der Waals surface area contributed by atoms with Crippen molar-refractivity contribution in [3.05, 3.63) is 60.4 Å². The smallest absolute Gasteiger partial charge is 0.228 e. The lowest BCUT2D eigenvalue weighted by Crippen LogP contribution is -2.59. The van der Waals surface area contributed by atoms with Crippen molar-refractivity contribution in [2.45, 2.75) is 31.5 Å². The summed E-state index contributed by atoms with van der Waals surface area (Å²) >= 11 is 0. The van der Waals surface area contributed by atoms with Crippen LogP contribution < -0.4 is 16.4 Å². The number of nitrogens with two attached hydrogens (primary N) is 1. The molecule has 1 aliphatic heterocycles. The molecule has 1 unspecified atom stereocenters. The van der Waals surface area contributed by atoms with E-state index in [0.29, 0.717) is 11.9 Å². The Labute approximate surface area is 147 Å². The fourth-order valence-electron chi connectivity index (χ4n) is 3.17. The number of rotatable bonds is 4. The van der Waals surface area contributed by atoms with E-state index in [9.17, 15) is 0 Å². The van der Waals surface area contributed by atoms with Crippen molar-refractivity contribution in [2.24, 2.45) is 21.6 Å². The molecule has 4 rings (SSSR count). The minimum atomic E-state index is -0.840. The number of aliphatic imine (C=N–C) groups is 2. The van der Waals surface area contributed by atoms with Gasteiger partial charge < -0.3 is 10.6 Å². The van der Waals surface area contributed by atoms with Crippen molar-refractivity contribution < 1.29 is 0 Å². The highest BCUT2D eigenvalue weighted by atomic mass is 15.4. The molecule has 0 saturated heterocycles. The summed E-state index contributed by atoms with van der Waals surface area (Å²) in [5, 5.41) is 6.60. The molecule has 25 heavy (non-hydrogen) atoms. The lowest BCUT2D eigenvalue weighted by Gasteiger charge is -2.37. The minimum absolute atomic E-state index is 0.519. The van der Waals surface area contributed by atoms with Gasteiger partial charge in [-0.2, -0.15) is 4.99 Å². The molecule has 1 atom stereocenters. The minimum Gasteiger partial charge on any atom is -0.333 e. The molecule has 1 aromatic carbocycles. The molecule has 0 spiro atoms. The highest BCUT2D eigenvalue weighted by Crippen LogP contribution is 2.33. The summed E-state index contributed by atoms with van der Waals surface area (Å²) in [6.45, 7) is 0. The third-order valence-corrected chi connectivity index (χ3v) is 4.67. The number of hydrogen-bond acceptors (Lipinski definition) is 6. The van der Waals surface area contributed by atoms with Gasteiger partial charge in [0.15, 0.2) is 5.79 Å². The third kappa shape index (κ3) is 3.69. The van der Waals surface area contributed by atoms with Crippen LogP contribution in [0.4, 0.5) is 5.69 Å². The second-order valence-corrected chi connectivity index (χ2v) is 6.67. The first kappa shape index (κ1) is 15.8. The molecule has 6 heteroatoms. The second kappa shape index (κ2) is 6.64. The second-order valence-electron chi connectivity index (χ2n) is 6.67.